The SMILES string of the molecule is C[C@@H]1[C@@H](O)[C@H](O)OC[C@@H]1O. The Bertz CT molecular complexity index is 102. The van der Waals surface area contributed by atoms with Crippen LogP contribution in [0.4, 0.5) is 0 Å². The van der Waals surface area contributed by atoms with E-state index in [0.717, 1.165) is 0 Å². The first-order valence-electron chi connectivity index (χ1n) is 3.28. The van der Waals surface area contributed by atoms with Gasteiger partial charge < -0.3 is 20.1 Å². The van der Waals surface area contributed by atoms with E-state index in [2.05, 4.69) is 4.74 Å². The third kappa shape index (κ3) is 1.29. The van der Waals surface area contributed by atoms with E-state index in [4.69, 9.17) is 15.3 Å². The van der Waals surface area contributed by atoms with Crippen molar-refractivity contribution < 1.29 is 20.1 Å². The van der Waals surface area contributed by atoms with Crippen LogP contribution in [-0.2, 0) is 4.74 Å². The fourth-order valence-corrected chi connectivity index (χ4v) is 0.935. The third-order valence-electron chi connectivity index (χ3n) is 1.88. The Hall–Kier alpha value is -0.160. The zero-order chi connectivity index (χ0) is 7.72. The first-order chi connectivity index (χ1) is 4.63. The summed E-state index contributed by atoms with van der Waals surface area (Å²) < 4.78 is 4.63. The second-order valence-electron chi connectivity index (χ2n) is 2.64. The van der Waals surface area contributed by atoms with Gasteiger partial charge in [-0.2, -0.15) is 0 Å². The standard InChI is InChI=1S/C6H12O4/c1-3-4(7)2-10-6(9)5(3)8/h3-9H,2H2,1H3/t3-,4-,5+,6+/m0/s1. The average Bonchev–Trinajstić information content (AvgIpc) is 1.93. The molecule has 0 aromatic rings. The van der Waals surface area contributed by atoms with E-state index >= 15 is 0 Å². The number of hydrogen-bond donors (Lipinski definition) is 3. The van der Waals surface area contributed by atoms with Gasteiger partial charge in [0, 0.05) is 5.92 Å². The molecule has 0 spiro atoms. The highest BCUT2D eigenvalue weighted by Crippen LogP contribution is 2.18. The van der Waals surface area contributed by atoms with Gasteiger partial charge in [0.05, 0.1) is 12.7 Å². The number of rotatable bonds is 0. The second-order valence-corrected chi connectivity index (χ2v) is 2.64. The summed E-state index contributed by atoms with van der Waals surface area (Å²) in [6.45, 7) is 1.76. The van der Waals surface area contributed by atoms with Gasteiger partial charge in [0.2, 0.25) is 0 Å². The van der Waals surface area contributed by atoms with E-state index in [-0.39, 0.29) is 12.5 Å². The zero-order valence-electron chi connectivity index (χ0n) is 5.77. The lowest BCUT2D eigenvalue weighted by atomic mass is 9.96. The average molecular weight is 148 g/mol. The summed E-state index contributed by atoms with van der Waals surface area (Å²) in [5.41, 5.74) is 0. The molecule has 0 saturated carbocycles. The number of aliphatic hydroxyl groups excluding tert-OH is 3. The molecule has 4 heteroatoms. The molecule has 10 heavy (non-hydrogen) atoms. The Kier molecular flexibility index (Phi) is 2.25. The van der Waals surface area contributed by atoms with Crippen LogP contribution < -0.4 is 0 Å². The van der Waals surface area contributed by atoms with Crippen LogP contribution in [0.3, 0.4) is 0 Å². The van der Waals surface area contributed by atoms with Crippen molar-refractivity contribution in [2.24, 2.45) is 5.92 Å². The fourth-order valence-electron chi connectivity index (χ4n) is 0.935. The Morgan fingerprint density at radius 1 is 1.30 bits per heavy atom. The van der Waals surface area contributed by atoms with Gasteiger partial charge >= 0.3 is 0 Å². The quantitative estimate of drug-likeness (QED) is 0.399. The highest BCUT2D eigenvalue weighted by Gasteiger charge is 2.34. The van der Waals surface area contributed by atoms with Crippen LogP contribution in [0.25, 0.3) is 0 Å². The van der Waals surface area contributed by atoms with Gasteiger partial charge in [-0.1, -0.05) is 6.92 Å². The Morgan fingerprint density at radius 3 is 2.40 bits per heavy atom. The van der Waals surface area contributed by atoms with Gasteiger partial charge in [-0.25, -0.2) is 0 Å². The molecule has 60 valence electrons. The summed E-state index contributed by atoms with van der Waals surface area (Å²) in [4.78, 5) is 0. The molecule has 1 aliphatic rings. The predicted molar refractivity (Wildman–Crippen MR) is 33.1 cm³/mol. The summed E-state index contributed by atoms with van der Waals surface area (Å²) in [6, 6.07) is 0. The minimum absolute atomic E-state index is 0.0966. The van der Waals surface area contributed by atoms with E-state index < -0.39 is 18.5 Å². The van der Waals surface area contributed by atoms with Gasteiger partial charge in [-0.3, -0.25) is 0 Å². The molecule has 1 rings (SSSR count). The molecule has 3 N–H and O–H groups in total. The third-order valence-corrected chi connectivity index (χ3v) is 1.88. The summed E-state index contributed by atoms with van der Waals surface area (Å²) in [7, 11) is 0. The molecule has 4 nitrogen and oxygen atoms in total. The monoisotopic (exact) mass is 148 g/mol. The lowest BCUT2D eigenvalue weighted by Gasteiger charge is -2.33. The van der Waals surface area contributed by atoms with Crippen molar-refractivity contribution in [3.05, 3.63) is 0 Å². The molecule has 1 fully saturated rings. The Balaban J connectivity index is 2.52. The second kappa shape index (κ2) is 2.84. The maximum atomic E-state index is 9.08. The van der Waals surface area contributed by atoms with Crippen LogP contribution in [-0.4, -0.2) is 40.4 Å². The molecule has 4 atom stereocenters. The van der Waals surface area contributed by atoms with E-state index in [9.17, 15) is 0 Å². The van der Waals surface area contributed by atoms with Crippen LogP contribution in [0.2, 0.25) is 0 Å². The van der Waals surface area contributed by atoms with Crippen molar-refractivity contribution in [2.75, 3.05) is 6.61 Å². The van der Waals surface area contributed by atoms with Gasteiger partial charge in [0.1, 0.15) is 6.10 Å². The molecule has 1 heterocycles. The van der Waals surface area contributed by atoms with Gasteiger partial charge in [-0.05, 0) is 0 Å². The first kappa shape index (κ1) is 7.94. The Morgan fingerprint density at radius 2 is 1.90 bits per heavy atom. The van der Waals surface area contributed by atoms with Gasteiger partial charge in [0.15, 0.2) is 6.29 Å². The lowest BCUT2D eigenvalue weighted by Crippen LogP contribution is -2.47. The predicted octanol–water partition coefficient (Wildman–Crippen LogP) is -1.31. The molecule has 0 unspecified atom stereocenters. The van der Waals surface area contributed by atoms with Crippen molar-refractivity contribution in [2.45, 2.75) is 25.4 Å². The summed E-state index contributed by atoms with van der Waals surface area (Å²) in [5.74, 6) is -0.316. The van der Waals surface area contributed by atoms with Crippen LogP contribution in [0.1, 0.15) is 6.92 Å². The van der Waals surface area contributed by atoms with E-state index in [1.54, 1.807) is 6.92 Å². The van der Waals surface area contributed by atoms with Crippen LogP contribution in [0, 0.1) is 5.92 Å². The minimum Gasteiger partial charge on any atom is -0.390 e. The largest absolute Gasteiger partial charge is 0.390 e. The van der Waals surface area contributed by atoms with Gasteiger partial charge in [0.25, 0.3) is 0 Å². The summed E-state index contributed by atoms with van der Waals surface area (Å²) in [5, 5.41) is 27.0. The highest BCUT2D eigenvalue weighted by atomic mass is 16.6. The molecule has 0 aromatic heterocycles. The van der Waals surface area contributed by atoms with Crippen LogP contribution >= 0.6 is 0 Å². The number of hydrogen-bond acceptors (Lipinski definition) is 4. The Labute approximate surface area is 59.1 Å². The first-order valence-corrected chi connectivity index (χ1v) is 3.28. The summed E-state index contributed by atoms with van der Waals surface area (Å²) in [6.07, 6.45) is -2.78. The minimum atomic E-state index is -1.14. The molecule has 0 aliphatic carbocycles. The van der Waals surface area contributed by atoms with Crippen molar-refractivity contribution in [1.29, 1.82) is 0 Å². The van der Waals surface area contributed by atoms with Crippen LogP contribution in [0.15, 0.2) is 0 Å². The zero-order valence-corrected chi connectivity index (χ0v) is 5.77. The van der Waals surface area contributed by atoms with Crippen molar-refractivity contribution in [3.63, 3.8) is 0 Å². The number of aliphatic hydroxyl groups is 3. The molecule has 1 aliphatic heterocycles. The molecular formula is C6H12O4. The van der Waals surface area contributed by atoms with E-state index in [1.165, 1.54) is 0 Å². The van der Waals surface area contributed by atoms with Crippen molar-refractivity contribution >= 4 is 0 Å². The van der Waals surface area contributed by atoms with Crippen molar-refractivity contribution in [3.8, 4) is 0 Å². The van der Waals surface area contributed by atoms with Crippen LogP contribution in [0.5, 0.6) is 0 Å². The smallest absolute Gasteiger partial charge is 0.181 e. The highest BCUT2D eigenvalue weighted by molar-refractivity contribution is 4.78. The molecule has 0 aromatic carbocycles. The molecule has 1 saturated heterocycles. The lowest BCUT2D eigenvalue weighted by molar-refractivity contribution is -0.233. The molecule has 0 radical (unpaired) electrons. The fraction of sp³-hybridized carbons (Fsp3) is 1.00. The van der Waals surface area contributed by atoms with E-state index in [0.29, 0.717) is 0 Å². The molecule has 0 bridgehead atoms. The maximum absolute atomic E-state index is 9.08. The number of ether oxygens (including phenoxy) is 1. The normalized spacial score (nSPS) is 49.2. The topological polar surface area (TPSA) is 69.9 Å². The van der Waals surface area contributed by atoms with E-state index in [1.807, 2.05) is 0 Å². The maximum Gasteiger partial charge on any atom is 0.181 e. The summed E-state index contributed by atoms with van der Waals surface area (Å²) >= 11 is 0. The van der Waals surface area contributed by atoms with Crippen molar-refractivity contribution in [1.82, 2.24) is 0 Å². The molecule has 0 amide bonds. The van der Waals surface area contributed by atoms with Gasteiger partial charge in [-0.15, -0.1) is 0 Å². The molecular weight excluding hydrogens is 136 g/mol.